The lowest BCUT2D eigenvalue weighted by molar-refractivity contribution is 0.472. The summed E-state index contributed by atoms with van der Waals surface area (Å²) in [6, 6.07) is 14.4. The molecule has 3 heteroatoms. The van der Waals surface area contributed by atoms with Crippen molar-refractivity contribution in [3.63, 3.8) is 0 Å². The van der Waals surface area contributed by atoms with Gasteiger partial charge in [-0.1, -0.05) is 41.9 Å². The van der Waals surface area contributed by atoms with E-state index in [0.717, 1.165) is 22.4 Å². The summed E-state index contributed by atoms with van der Waals surface area (Å²) in [6.45, 7) is 6.35. The normalized spacial score (nSPS) is 12.5. The van der Waals surface area contributed by atoms with Gasteiger partial charge in [0, 0.05) is 10.5 Å². The number of hydrogen-bond donors (Lipinski definition) is 1. The Morgan fingerprint density at radius 3 is 2.52 bits per heavy atom. The molecule has 0 spiro atoms. The molecule has 1 unspecified atom stereocenters. The van der Waals surface area contributed by atoms with Crippen molar-refractivity contribution in [1.29, 1.82) is 0 Å². The molecule has 2 N–H and O–H groups in total. The van der Waals surface area contributed by atoms with Crippen LogP contribution in [0.3, 0.4) is 0 Å². The SMILES string of the molecule is CC(N)Cc1cccc(Oc2ccc(Br)cc2C(C)C)c1. The molecule has 2 rings (SSSR count). The van der Waals surface area contributed by atoms with E-state index in [2.05, 4.69) is 48.0 Å². The van der Waals surface area contributed by atoms with Gasteiger partial charge in [0.15, 0.2) is 0 Å². The van der Waals surface area contributed by atoms with Gasteiger partial charge >= 0.3 is 0 Å². The molecule has 0 saturated heterocycles. The highest BCUT2D eigenvalue weighted by Crippen LogP contribution is 2.33. The summed E-state index contributed by atoms with van der Waals surface area (Å²) in [5, 5.41) is 0. The molecule has 2 nitrogen and oxygen atoms in total. The summed E-state index contributed by atoms with van der Waals surface area (Å²) in [5.74, 6) is 2.17. The smallest absolute Gasteiger partial charge is 0.130 e. The fourth-order valence-electron chi connectivity index (χ4n) is 2.30. The Labute approximate surface area is 135 Å². The average Bonchev–Trinajstić information content (AvgIpc) is 2.40. The van der Waals surface area contributed by atoms with Crippen LogP contribution in [0.4, 0.5) is 0 Å². The average molecular weight is 348 g/mol. The molecule has 0 bridgehead atoms. The highest BCUT2D eigenvalue weighted by molar-refractivity contribution is 9.10. The van der Waals surface area contributed by atoms with Crippen molar-refractivity contribution in [2.45, 2.75) is 39.2 Å². The predicted octanol–water partition coefficient (Wildman–Crippen LogP) is 5.25. The van der Waals surface area contributed by atoms with Gasteiger partial charge in [-0.15, -0.1) is 0 Å². The topological polar surface area (TPSA) is 35.2 Å². The minimum Gasteiger partial charge on any atom is -0.457 e. The van der Waals surface area contributed by atoms with Crippen molar-refractivity contribution < 1.29 is 4.74 Å². The van der Waals surface area contributed by atoms with Gasteiger partial charge in [0.05, 0.1) is 0 Å². The maximum Gasteiger partial charge on any atom is 0.130 e. The summed E-state index contributed by atoms with van der Waals surface area (Å²) >= 11 is 3.52. The number of nitrogens with two attached hydrogens (primary N) is 1. The van der Waals surface area contributed by atoms with Crippen LogP contribution in [0, 0.1) is 0 Å². The van der Waals surface area contributed by atoms with Crippen LogP contribution in [-0.2, 0) is 6.42 Å². The maximum absolute atomic E-state index is 6.09. The van der Waals surface area contributed by atoms with Crippen molar-refractivity contribution in [3.05, 3.63) is 58.1 Å². The number of halogens is 1. The van der Waals surface area contributed by atoms with Gasteiger partial charge in [0.2, 0.25) is 0 Å². The number of hydrogen-bond acceptors (Lipinski definition) is 2. The molecule has 0 amide bonds. The van der Waals surface area contributed by atoms with Gasteiger partial charge in [-0.2, -0.15) is 0 Å². The molecule has 21 heavy (non-hydrogen) atoms. The van der Waals surface area contributed by atoms with Gasteiger partial charge in [-0.3, -0.25) is 0 Å². The van der Waals surface area contributed by atoms with Crippen LogP contribution in [-0.4, -0.2) is 6.04 Å². The fourth-order valence-corrected chi connectivity index (χ4v) is 2.68. The minimum atomic E-state index is 0.152. The summed E-state index contributed by atoms with van der Waals surface area (Å²) in [7, 11) is 0. The first kappa shape index (κ1) is 16.1. The lowest BCUT2D eigenvalue weighted by atomic mass is 10.0. The largest absolute Gasteiger partial charge is 0.457 e. The van der Waals surface area contributed by atoms with Crippen LogP contribution in [0.15, 0.2) is 46.9 Å². The molecule has 112 valence electrons. The lowest BCUT2D eigenvalue weighted by Gasteiger charge is -2.15. The first-order chi connectivity index (χ1) is 9.95. The third-order valence-corrected chi connectivity index (χ3v) is 3.77. The van der Waals surface area contributed by atoms with Crippen molar-refractivity contribution in [3.8, 4) is 11.5 Å². The first-order valence-electron chi connectivity index (χ1n) is 7.27. The van der Waals surface area contributed by atoms with Crippen molar-refractivity contribution in [2.75, 3.05) is 0 Å². The third kappa shape index (κ3) is 4.58. The number of benzene rings is 2. The first-order valence-corrected chi connectivity index (χ1v) is 8.07. The molecule has 0 aliphatic carbocycles. The monoisotopic (exact) mass is 347 g/mol. The summed E-state index contributed by atoms with van der Waals surface area (Å²) in [5.41, 5.74) is 8.26. The fraction of sp³-hybridized carbons (Fsp3) is 0.333. The molecule has 2 aromatic rings. The Kier molecular flexibility index (Phi) is 5.43. The van der Waals surface area contributed by atoms with E-state index in [9.17, 15) is 0 Å². The molecule has 0 aliphatic rings. The minimum absolute atomic E-state index is 0.152. The van der Waals surface area contributed by atoms with Crippen LogP contribution < -0.4 is 10.5 Å². The predicted molar refractivity (Wildman–Crippen MR) is 92.1 cm³/mol. The molecule has 1 atom stereocenters. The van der Waals surface area contributed by atoms with E-state index in [-0.39, 0.29) is 6.04 Å². The molecule has 0 heterocycles. The van der Waals surface area contributed by atoms with Gasteiger partial charge in [-0.05, 0) is 60.7 Å². The quantitative estimate of drug-likeness (QED) is 0.800. The number of rotatable bonds is 5. The Bertz CT molecular complexity index is 608. The molecule has 2 aromatic carbocycles. The van der Waals surface area contributed by atoms with Crippen molar-refractivity contribution in [1.82, 2.24) is 0 Å². The Balaban J connectivity index is 2.26. The van der Waals surface area contributed by atoms with Gasteiger partial charge in [0.1, 0.15) is 11.5 Å². The van der Waals surface area contributed by atoms with E-state index in [1.54, 1.807) is 0 Å². The molecule has 0 aliphatic heterocycles. The van der Waals surface area contributed by atoms with E-state index in [1.807, 2.05) is 31.2 Å². The summed E-state index contributed by atoms with van der Waals surface area (Å²) < 4.78 is 7.16. The van der Waals surface area contributed by atoms with E-state index >= 15 is 0 Å². The van der Waals surface area contributed by atoms with Crippen LogP contribution in [0.2, 0.25) is 0 Å². The van der Waals surface area contributed by atoms with E-state index < -0.39 is 0 Å². The van der Waals surface area contributed by atoms with E-state index in [4.69, 9.17) is 10.5 Å². The summed E-state index contributed by atoms with van der Waals surface area (Å²) in [6.07, 6.45) is 0.856. The highest BCUT2D eigenvalue weighted by atomic mass is 79.9. The third-order valence-electron chi connectivity index (χ3n) is 3.28. The van der Waals surface area contributed by atoms with E-state index in [0.29, 0.717) is 5.92 Å². The zero-order chi connectivity index (χ0) is 15.4. The Morgan fingerprint density at radius 1 is 1.10 bits per heavy atom. The lowest BCUT2D eigenvalue weighted by Crippen LogP contribution is -2.17. The molecular formula is C18H22BrNO. The maximum atomic E-state index is 6.09. The van der Waals surface area contributed by atoms with Gasteiger partial charge < -0.3 is 10.5 Å². The van der Waals surface area contributed by atoms with Gasteiger partial charge in [0.25, 0.3) is 0 Å². The Hall–Kier alpha value is -1.32. The molecule has 0 fully saturated rings. The van der Waals surface area contributed by atoms with Crippen molar-refractivity contribution >= 4 is 15.9 Å². The second-order valence-corrected chi connectivity index (χ2v) is 6.68. The number of ether oxygens (including phenoxy) is 1. The van der Waals surface area contributed by atoms with E-state index in [1.165, 1.54) is 11.1 Å². The zero-order valence-corrected chi connectivity index (χ0v) is 14.4. The second-order valence-electron chi connectivity index (χ2n) is 5.77. The molecule has 0 aromatic heterocycles. The van der Waals surface area contributed by atoms with Crippen LogP contribution >= 0.6 is 15.9 Å². The van der Waals surface area contributed by atoms with Crippen LogP contribution in [0.1, 0.15) is 37.8 Å². The zero-order valence-electron chi connectivity index (χ0n) is 12.8. The van der Waals surface area contributed by atoms with Crippen LogP contribution in [0.25, 0.3) is 0 Å². The molecule has 0 saturated carbocycles. The van der Waals surface area contributed by atoms with Crippen LogP contribution in [0.5, 0.6) is 11.5 Å². The highest BCUT2D eigenvalue weighted by Gasteiger charge is 2.10. The Morgan fingerprint density at radius 2 is 1.86 bits per heavy atom. The van der Waals surface area contributed by atoms with Crippen molar-refractivity contribution in [2.24, 2.45) is 5.73 Å². The molecule has 0 radical (unpaired) electrons. The second kappa shape index (κ2) is 7.10. The summed E-state index contributed by atoms with van der Waals surface area (Å²) in [4.78, 5) is 0. The molecular weight excluding hydrogens is 326 g/mol. The van der Waals surface area contributed by atoms with Gasteiger partial charge in [-0.25, -0.2) is 0 Å². The standard InChI is InChI=1S/C18H22BrNO/c1-12(2)17-11-15(19)7-8-18(17)21-16-6-4-5-14(10-16)9-13(3)20/h4-8,10-13H,9,20H2,1-3H3.